The molecule has 0 aliphatic heterocycles. The molecule has 0 bridgehead atoms. The molecule has 3 nitrogen and oxygen atoms in total. The van der Waals surface area contributed by atoms with Crippen molar-refractivity contribution >= 4 is 11.5 Å². The zero-order valence-electron chi connectivity index (χ0n) is 8.78. The van der Waals surface area contributed by atoms with Gasteiger partial charge >= 0.3 is 6.18 Å². The van der Waals surface area contributed by atoms with E-state index in [1.54, 1.807) is 0 Å². The van der Waals surface area contributed by atoms with Crippen molar-refractivity contribution < 1.29 is 17.6 Å². The Hall–Kier alpha value is -1.54. The standard InChI is InChI=1S/C10H7F4N3S/c11-7-2-1-5(3-6(7)10(12,13)14)9(15)8-4-18-17-16-8/h1-4,9H,15H2. The maximum absolute atomic E-state index is 13.1. The lowest BCUT2D eigenvalue weighted by Gasteiger charge is -2.13. The predicted molar refractivity (Wildman–Crippen MR) is 57.3 cm³/mol. The van der Waals surface area contributed by atoms with Crippen LogP contribution in [0, 0.1) is 5.82 Å². The van der Waals surface area contributed by atoms with Crippen molar-refractivity contribution in [3.63, 3.8) is 0 Å². The molecule has 1 aromatic heterocycles. The molecule has 0 saturated heterocycles. The third-order valence-electron chi connectivity index (χ3n) is 2.35. The maximum Gasteiger partial charge on any atom is 0.419 e. The number of nitrogens with zero attached hydrogens (tertiary/aromatic N) is 2. The minimum atomic E-state index is -4.75. The number of hydrogen-bond acceptors (Lipinski definition) is 4. The summed E-state index contributed by atoms with van der Waals surface area (Å²) in [5.41, 5.74) is 4.89. The number of rotatable bonds is 2. The van der Waals surface area contributed by atoms with Gasteiger partial charge in [0.1, 0.15) is 5.82 Å². The molecule has 1 aromatic carbocycles. The Balaban J connectivity index is 2.42. The quantitative estimate of drug-likeness (QED) is 0.859. The first-order valence-electron chi connectivity index (χ1n) is 4.79. The number of hydrogen-bond donors (Lipinski definition) is 1. The number of nitrogens with two attached hydrogens (primary N) is 1. The van der Waals surface area contributed by atoms with Gasteiger partial charge in [-0.3, -0.25) is 0 Å². The van der Waals surface area contributed by atoms with E-state index in [1.165, 1.54) is 11.4 Å². The molecule has 96 valence electrons. The maximum atomic E-state index is 13.1. The molecule has 2 N–H and O–H groups in total. The topological polar surface area (TPSA) is 51.8 Å². The van der Waals surface area contributed by atoms with E-state index in [0.29, 0.717) is 11.8 Å². The van der Waals surface area contributed by atoms with E-state index in [4.69, 9.17) is 5.73 Å². The van der Waals surface area contributed by atoms with Crippen LogP contribution in [-0.2, 0) is 6.18 Å². The number of aromatic nitrogens is 2. The predicted octanol–water partition coefficient (Wildman–Crippen LogP) is 2.74. The van der Waals surface area contributed by atoms with Gasteiger partial charge in [0.25, 0.3) is 0 Å². The van der Waals surface area contributed by atoms with E-state index in [0.717, 1.165) is 17.6 Å². The van der Waals surface area contributed by atoms with Crippen LogP contribution in [0.5, 0.6) is 0 Å². The lowest BCUT2D eigenvalue weighted by molar-refractivity contribution is -0.140. The molecule has 2 rings (SSSR count). The summed E-state index contributed by atoms with van der Waals surface area (Å²) in [7, 11) is 0. The Bertz CT molecular complexity index is 539. The summed E-state index contributed by atoms with van der Waals surface area (Å²) in [6, 6.07) is 1.79. The van der Waals surface area contributed by atoms with Gasteiger partial charge in [-0.15, -0.1) is 5.10 Å². The van der Waals surface area contributed by atoms with Crippen LogP contribution in [0.3, 0.4) is 0 Å². The fraction of sp³-hybridized carbons (Fsp3) is 0.200. The van der Waals surface area contributed by atoms with Gasteiger partial charge in [-0.1, -0.05) is 10.6 Å². The molecule has 8 heteroatoms. The fourth-order valence-corrected chi connectivity index (χ4v) is 1.92. The molecule has 1 unspecified atom stereocenters. The number of alkyl halides is 3. The highest BCUT2D eigenvalue weighted by atomic mass is 32.1. The zero-order chi connectivity index (χ0) is 13.3. The summed E-state index contributed by atoms with van der Waals surface area (Å²) in [6.07, 6.45) is -4.75. The van der Waals surface area contributed by atoms with Gasteiger partial charge in [0.2, 0.25) is 0 Å². The molecule has 0 radical (unpaired) electrons. The van der Waals surface area contributed by atoms with Crippen LogP contribution in [0.2, 0.25) is 0 Å². The third kappa shape index (κ3) is 2.49. The van der Waals surface area contributed by atoms with Gasteiger partial charge < -0.3 is 5.73 Å². The van der Waals surface area contributed by atoms with Gasteiger partial charge in [0.05, 0.1) is 17.3 Å². The van der Waals surface area contributed by atoms with Crippen molar-refractivity contribution in [1.29, 1.82) is 0 Å². The van der Waals surface area contributed by atoms with Gasteiger partial charge in [-0.2, -0.15) is 13.2 Å². The van der Waals surface area contributed by atoms with Crippen LogP contribution >= 0.6 is 11.5 Å². The molecule has 2 aromatic rings. The second kappa shape index (κ2) is 4.62. The summed E-state index contributed by atoms with van der Waals surface area (Å²) >= 11 is 1.04. The molecule has 1 heterocycles. The van der Waals surface area contributed by atoms with Gasteiger partial charge in [0.15, 0.2) is 0 Å². The van der Waals surface area contributed by atoms with Crippen molar-refractivity contribution in [1.82, 2.24) is 9.59 Å². The van der Waals surface area contributed by atoms with Gasteiger partial charge in [0, 0.05) is 5.38 Å². The first-order valence-corrected chi connectivity index (χ1v) is 5.62. The average Bonchev–Trinajstić information content (AvgIpc) is 2.80. The highest BCUT2D eigenvalue weighted by Crippen LogP contribution is 2.33. The first-order chi connectivity index (χ1) is 8.39. The molecule has 0 fully saturated rings. The monoisotopic (exact) mass is 277 g/mol. The van der Waals surface area contributed by atoms with E-state index in [2.05, 4.69) is 9.59 Å². The minimum Gasteiger partial charge on any atom is -0.319 e. The second-order valence-corrected chi connectivity index (χ2v) is 4.15. The van der Waals surface area contributed by atoms with Crippen molar-refractivity contribution in [3.8, 4) is 0 Å². The van der Waals surface area contributed by atoms with Crippen LogP contribution in [0.25, 0.3) is 0 Å². The molecular formula is C10H7F4N3S. The lowest BCUT2D eigenvalue weighted by Crippen LogP contribution is -2.15. The Morgan fingerprint density at radius 1 is 1.28 bits per heavy atom. The zero-order valence-corrected chi connectivity index (χ0v) is 9.60. The van der Waals surface area contributed by atoms with Crippen LogP contribution in [0.1, 0.15) is 22.9 Å². The van der Waals surface area contributed by atoms with E-state index in [1.807, 2.05) is 0 Å². The summed E-state index contributed by atoms with van der Waals surface area (Å²) in [6.45, 7) is 0. The number of halogens is 4. The fourth-order valence-electron chi connectivity index (χ4n) is 1.43. The van der Waals surface area contributed by atoms with Crippen LogP contribution in [0.15, 0.2) is 23.6 Å². The Labute approximate surface area is 103 Å². The number of benzene rings is 1. The SMILES string of the molecule is NC(c1ccc(F)c(C(F)(F)F)c1)c1csnn1. The smallest absolute Gasteiger partial charge is 0.319 e. The summed E-state index contributed by atoms with van der Waals surface area (Å²) in [5, 5.41) is 5.20. The molecule has 0 aliphatic rings. The molecule has 1 atom stereocenters. The average molecular weight is 277 g/mol. The normalized spacial score (nSPS) is 13.6. The highest BCUT2D eigenvalue weighted by Gasteiger charge is 2.34. The molecule has 0 spiro atoms. The van der Waals surface area contributed by atoms with E-state index in [-0.39, 0.29) is 5.56 Å². The van der Waals surface area contributed by atoms with Crippen molar-refractivity contribution in [3.05, 3.63) is 46.2 Å². The first kappa shape index (κ1) is 12.9. The Kier molecular flexibility index (Phi) is 3.31. The summed E-state index contributed by atoms with van der Waals surface area (Å²) in [5.74, 6) is -1.32. The molecular weight excluding hydrogens is 270 g/mol. The van der Waals surface area contributed by atoms with Crippen molar-refractivity contribution in [2.75, 3.05) is 0 Å². The van der Waals surface area contributed by atoms with E-state index in [9.17, 15) is 17.6 Å². The minimum absolute atomic E-state index is 0.136. The van der Waals surface area contributed by atoms with Crippen LogP contribution < -0.4 is 5.73 Å². The van der Waals surface area contributed by atoms with Crippen LogP contribution in [0.4, 0.5) is 17.6 Å². The lowest BCUT2D eigenvalue weighted by atomic mass is 10.0. The van der Waals surface area contributed by atoms with Gasteiger partial charge in [-0.05, 0) is 29.2 Å². The van der Waals surface area contributed by atoms with E-state index < -0.39 is 23.6 Å². The van der Waals surface area contributed by atoms with Crippen LogP contribution in [-0.4, -0.2) is 9.59 Å². The summed E-state index contributed by atoms with van der Waals surface area (Å²) in [4.78, 5) is 0. The second-order valence-electron chi connectivity index (χ2n) is 3.54. The highest BCUT2D eigenvalue weighted by molar-refractivity contribution is 7.03. The van der Waals surface area contributed by atoms with Crippen molar-refractivity contribution in [2.45, 2.75) is 12.2 Å². The molecule has 0 saturated carbocycles. The molecule has 0 amide bonds. The van der Waals surface area contributed by atoms with Gasteiger partial charge in [-0.25, -0.2) is 4.39 Å². The molecule has 18 heavy (non-hydrogen) atoms. The third-order valence-corrected chi connectivity index (χ3v) is 2.87. The largest absolute Gasteiger partial charge is 0.419 e. The summed E-state index contributed by atoms with van der Waals surface area (Å²) < 4.78 is 54.2. The molecule has 0 aliphatic carbocycles. The Morgan fingerprint density at radius 2 is 2.00 bits per heavy atom. The van der Waals surface area contributed by atoms with Crippen molar-refractivity contribution in [2.24, 2.45) is 5.73 Å². The Morgan fingerprint density at radius 3 is 2.56 bits per heavy atom. The van der Waals surface area contributed by atoms with E-state index >= 15 is 0 Å².